The molecule has 1 fully saturated rings. The molecule has 0 aromatic carbocycles. The zero-order valence-electron chi connectivity index (χ0n) is 12.0. The van der Waals surface area contributed by atoms with E-state index >= 15 is 0 Å². The van der Waals surface area contributed by atoms with Crippen molar-refractivity contribution in [2.75, 3.05) is 19.6 Å². The highest BCUT2D eigenvalue weighted by Crippen LogP contribution is 2.16. The van der Waals surface area contributed by atoms with E-state index in [1.54, 1.807) is 13.0 Å². The Morgan fingerprint density at radius 3 is 2.75 bits per heavy atom. The van der Waals surface area contributed by atoms with Gasteiger partial charge in [0.15, 0.2) is 0 Å². The molecule has 0 amide bonds. The van der Waals surface area contributed by atoms with E-state index in [-0.39, 0.29) is 5.69 Å². The van der Waals surface area contributed by atoms with E-state index in [9.17, 15) is 4.79 Å². The molecule has 2 heterocycles. The summed E-state index contributed by atoms with van der Waals surface area (Å²) in [5.74, 6) is 5.80. The molecule has 4 nitrogen and oxygen atoms in total. The van der Waals surface area contributed by atoms with Crippen molar-refractivity contribution in [3.63, 3.8) is 0 Å². The van der Waals surface area contributed by atoms with Gasteiger partial charge < -0.3 is 10.0 Å². The minimum atomic E-state index is -1.01. The molecule has 0 bridgehead atoms. The van der Waals surface area contributed by atoms with Gasteiger partial charge in [-0.25, -0.2) is 9.78 Å². The topological polar surface area (TPSA) is 53.4 Å². The second-order valence-corrected chi connectivity index (χ2v) is 5.17. The van der Waals surface area contributed by atoms with Crippen molar-refractivity contribution >= 4 is 5.97 Å². The van der Waals surface area contributed by atoms with Crippen LogP contribution in [-0.4, -0.2) is 40.6 Å². The molecular formula is C16H20N2O2. The van der Waals surface area contributed by atoms with E-state index < -0.39 is 5.97 Å². The third-order valence-electron chi connectivity index (χ3n) is 3.63. The Morgan fingerprint density at radius 1 is 1.45 bits per heavy atom. The van der Waals surface area contributed by atoms with Crippen LogP contribution in [0.4, 0.5) is 0 Å². The quantitative estimate of drug-likeness (QED) is 0.838. The standard InChI is InChI=1S/C16H20N2O2/c1-3-18-8-6-13(7-9-18)4-5-14-10-12(2)17-15(11-14)16(19)20/h10-11,13H,3,6-9H2,1-2H3,(H,19,20). The number of aromatic nitrogens is 1. The lowest BCUT2D eigenvalue weighted by Gasteiger charge is -2.28. The predicted octanol–water partition coefficient (Wildman–Crippen LogP) is 2.17. The number of carboxylic acids is 1. The van der Waals surface area contributed by atoms with Gasteiger partial charge in [-0.1, -0.05) is 18.8 Å². The van der Waals surface area contributed by atoms with Gasteiger partial charge in [0.1, 0.15) is 5.69 Å². The van der Waals surface area contributed by atoms with Crippen molar-refractivity contribution in [3.8, 4) is 11.8 Å². The van der Waals surface area contributed by atoms with Gasteiger partial charge in [-0.15, -0.1) is 0 Å². The van der Waals surface area contributed by atoms with Crippen LogP contribution in [0.3, 0.4) is 0 Å². The number of aryl methyl sites for hydroxylation is 1. The maximum atomic E-state index is 11.0. The van der Waals surface area contributed by atoms with Crippen LogP contribution >= 0.6 is 0 Å². The second-order valence-electron chi connectivity index (χ2n) is 5.17. The summed E-state index contributed by atoms with van der Waals surface area (Å²) < 4.78 is 0. The Balaban J connectivity index is 2.07. The Kier molecular flexibility index (Phi) is 4.75. The van der Waals surface area contributed by atoms with Gasteiger partial charge in [-0.3, -0.25) is 0 Å². The van der Waals surface area contributed by atoms with Crippen LogP contribution in [-0.2, 0) is 0 Å². The summed E-state index contributed by atoms with van der Waals surface area (Å²) in [5, 5.41) is 8.99. The van der Waals surface area contributed by atoms with Crippen LogP contribution in [0.1, 0.15) is 41.5 Å². The fourth-order valence-electron chi connectivity index (χ4n) is 2.43. The van der Waals surface area contributed by atoms with E-state index in [2.05, 4.69) is 28.6 Å². The lowest BCUT2D eigenvalue weighted by molar-refractivity contribution is 0.0690. The first-order valence-corrected chi connectivity index (χ1v) is 7.04. The number of hydrogen-bond donors (Lipinski definition) is 1. The van der Waals surface area contributed by atoms with Crippen LogP contribution in [0, 0.1) is 24.7 Å². The van der Waals surface area contributed by atoms with E-state index in [0.29, 0.717) is 11.6 Å². The van der Waals surface area contributed by atoms with Crippen molar-refractivity contribution in [2.45, 2.75) is 26.7 Å². The van der Waals surface area contributed by atoms with Gasteiger partial charge in [-0.2, -0.15) is 0 Å². The van der Waals surface area contributed by atoms with Crippen LogP contribution in [0.15, 0.2) is 12.1 Å². The fraction of sp³-hybridized carbons (Fsp3) is 0.500. The normalized spacial score (nSPS) is 16.5. The van der Waals surface area contributed by atoms with E-state index in [4.69, 9.17) is 5.11 Å². The average Bonchev–Trinajstić information content (AvgIpc) is 2.45. The molecular weight excluding hydrogens is 252 g/mol. The van der Waals surface area contributed by atoms with Gasteiger partial charge in [0.05, 0.1) is 0 Å². The van der Waals surface area contributed by atoms with Crippen molar-refractivity contribution < 1.29 is 9.90 Å². The smallest absolute Gasteiger partial charge is 0.354 e. The molecule has 20 heavy (non-hydrogen) atoms. The maximum absolute atomic E-state index is 11.0. The molecule has 0 saturated carbocycles. The summed E-state index contributed by atoms with van der Waals surface area (Å²) in [4.78, 5) is 17.4. The molecule has 2 rings (SSSR count). The van der Waals surface area contributed by atoms with Crippen molar-refractivity contribution in [1.82, 2.24) is 9.88 Å². The summed E-state index contributed by atoms with van der Waals surface area (Å²) >= 11 is 0. The summed E-state index contributed by atoms with van der Waals surface area (Å²) in [6.45, 7) is 7.28. The van der Waals surface area contributed by atoms with Crippen molar-refractivity contribution in [2.24, 2.45) is 5.92 Å². The van der Waals surface area contributed by atoms with Crippen LogP contribution < -0.4 is 0 Å². The van der Waals surface area contributed by atoms with Crippen molar-refractivity contribution in [1.29, 1.82) is 0 Å². The number of pyridine rings is 1. The molecule has 1 aromatic heterocycles. The molecule has 106 valence electrons. The van der Waals surface area contributed by atoms with Crippen LogP contribution in [0.2, 0.25) is 0 Å². The summed E-state index contributed by atoms with van der Waals surface area (Å²) in [5.41, 5.74) is 1.50. The lowest BCUT2D eigenvalue weighted by atomic mass is 9.97. The first-order valence-electron chi connectivity index (χ1n) is 7.04. The number of piperidine rings is 1. The van der Waals surface area contributed by atoms with Gasteiger partial charge >= 0.3 is 5.97 Å². The van der Waals surface area contributed by atoms with E-state index in [1.807, 2.05) is 6.07 Å². The number of rotatable bonds is 2. The number of nitrogens with zero attached hydrogens (tertiary/aromatic N) is 2. The average molecular weight is 272 g/mol. The van der Waals surface area contributed by atoms with Crippen molar-refractivity contribution in [3.05, 3.63) is 29.1 Å². The molecule has 0 atom stereocenters. The molecule has 0 unspecified atom stereocenters. The van der Waals surface area contributed by atoms with E-state index in [1.165, 1.54) is 0 Å². The zero-order chi connectivity index (χ0) is 14.5. The summed E-state index contributed by atoms with van der Waals surface area (Å²) in [7, 11) is 0. The van der Waals surface area contributed by atoms with E-state index in [0.717, 1.165) is 38.0 Å². The Hall–Kier alpha value is -1.86. The highest BCUT2D eigenvalue weighted by molar-refractivity contribution is 5.85. The molecule has 0 radical (unpaired) electrons. The zero-order valence-corrected chi connectivity index (χ0v) is 12.0. The maximum Gasteiger partial charge on any atom is 0.354 e. The van der Waals surface area contributed by atoms with Gasteiger partial charge in [0, 0.05) is 17.2 Å². The second kappa shape index (κ2) is 6.53. The monoisotopic (exact) mass is 272 g/mol. The lowest BCUT2D eigenvalue weighted by Crippen LogP contribution is -2.32. The summed E-state index contributed by atoms with van der Waals surface area (Å²) in [6, 6.07) is 3.38. The Morgan fingerprint density at radius 2 is 2.15 bits per heavy atom. The molecule has 0 aliphatic carbocycles. The number of hydrogen-bond acceptors (Lipinski definition) is 3. The highest BCUT2D eigenvalue weighted by atomic mass is 16.4. The third kappa shape index (κ3) is 3.82. The molecule has 1 aliphatic rings. The largest absolute Gasteiger partial charge is 0.477 e. The minimum Gasteiger partial charge on any atom is -0.477 e. The molecule has 1 aliphatic heterocycles. The van der Waals surface area contributed by atoms with Gasteiger partial charge in [-0.05, 0) is 51.5 Å². The number of aromatic carboxylic acids is 1. The molecule has 1 saturated heterocycles. The first kappa shape index (κ1) is 14.5. The minimum absolute atomic E-state index is 0.0649. The van der Waals surface area contributed by atoms with Gasteiger partial charge in [0.25, 0.3) is 0 Å². The number of likely N-dealkylation sites (tertiary alicyclic amines) is 1. The van der Waals surface area contributed by atoms with Gasteiger partial charge in [0.2, 0.25) is 0 Å². The van der Waals surface area contributed by atoms with Crippen LogP contribution in [0.5, 0.6) is 0 Å². The fourth-order valence-corrected chi connectivity index (χ4v) is 2.43. The Labute approximate surface area is 119 Å². The number of carboxylic acid groups (broad SMARTS) is 1. The molecule has 1 N–H and O–H groups in total. The molecule has 0 spiro atoms. The molecule has 1 aromatic rings. The SMILES string of the molecule is CCN1CCC(C#Cc2cc(C)nc(C(=O)O)c2)CC1. The number of carbonyl (C=O) groups is 1. The summed E-state index contributed by atoms with van der Waals surface area (Å²) in [6.07, 6.45) is 2.19. The Bertz CT molecular complexity index is 549. The highest BCUT2D eigenvalue weighted by Gasteiger charge is 2.15. The predicted molar refractivity (Wildman–Crippen MR) is 77.6 cm³/mol. The molecule has 4 heteroatoms. The van der Waals surface area contributed by atoms with Crippen LogP contribution in [0.25, 0.3) is 0 Å². The first-order chi connectivity index (χ1) is 9.58. The third-order valence-corrected chi connectivity index (χ3v) is 3.63.